The zero-order chi connectivity index (χ0) is 13.1. The molecule has 0 bridgehead atoms. The maximum absolute atomic E-state index is 8.91. The molecule has 0 amide bonds. The largest absolute Gasteiger partial charge is 0.355 e. The maximum atomic E-state index is 8.91. The molecule has 0 aliphatic carbocycles. The number of nitrogens with one attached hydrogen (secondary N) is 1. The lowest BCUT2D eigenvalue weighted by Crippen LogP contribution is -1.95. The average molecular weight is 348 g/mol. The second-order valence-electron chi connectivity index (χ2n) is 4.23. The molecule has 18 heavy (non-hydrogen) atoms. The van der Waals surface area contributed by atoms with E-state index in [1.54, 1.807) is 0 Å². The summed E-state index contributed by atoms with van der Waals surface area (Å²) in [4.78, 5) is 0. The van der Waals surface area contributed by atoms with Gasteiger partial charge in [0.15, 0.2) is 0 Å². The van der Waals surface area contributed by atoms with Gasteiger partial charge in [-0.05, 0) is 77.9 Å². The summed E-state index contributed by atoms with van der Waals surface area (Å²) in [6, 6.07) is 14.3. The highest BCUT2D eigenvalue weighted by molar-refractivity contribution is 14.1. The molecule has 0 aliphatic heterocycles. The Hall–Kier alpha value is -1.54. The number of aryl methyl sites for hydroxylation is 2. The van der Waals surface area contributed by atoms with E-state index in [1.165, 1.54) is 9.13 Å². The molecular formula is C15H13IN2. The Labute approximate surface area is 121 Å². The molecule has 2 nitrogen and oxygen atoms in total. The molecule has 90 valence electrons. The van der Waals surface area contributed by atoms with Gasteiger partial charge in [-0.15, -0.1) is 0 Å². The fraction of sp³-hybridized carbons (Fsp3) is 0.133. The van der Waals surface area contributed by atoms with Crippen molar-refractivity contribution in [2.75, 3.05) is 5.32 Å². The molecule has 0 radical (unpaired) electrons. The molecule has 2 aromatic carbocycles. The number of halogens is 1. The number of rotatable bonds is 2. The van der Waals surface area contributed by atoms with E-state index in [0.29, 0.717) is 0 Å². The molecule has 1 N–H and O–H groups in total. The number of nitrogens with zero attached hydrogens (tertiary/aromatic N) is 1. The number of nitriles is 1. The first-order valence-corrected chi connectivity index (χ1v) is 6.72. The van der Waals surface area contributed by atoms with E-state index in [4.69, 9.17) is 5.26 Å². The molecule has 3 heteroatoms. The van der Waals surface area contributed by atoms with Crippen molar-refractivity contribution in [2.45, 2.75) is 13.8 Å². The zero-order valence-electron chi connectivity index (χ0n) is 10.3. The SMILES string of the molecule is Cc1cc(Nc2cc(I)ccc2C)ccc1C#N. The minimum atomic E-state index is 0.722. The molecule has 0 atom stereocenters. The number of anilines is 2. The Morgan fingerprint density at radius 3 is 2.50 bits per heavy atom. The minimum Gasteiger partial charge on any atom is -0.355 e. The van der Waals surface area contributed by atoms with E-state index in [-0.39, 0.29) is 0 Å². The summed E-state index contributed by atoms with van der Waals surface area (Å²) in [7, 11) is 0. The molecule has 0 aliphatic rings. The normalized spacial score (nSPS) is 9.89. The van der Waals surface area contributed by atoms with Crippen LogP contribution in [-0.4, -0.2) is 0 Å². The minimum absolute atomic E-state index is 0.722. The van der Waals surface area contributed by atoms with Gasteiger partial charge in [0.2, 0.25) is 0 Å². The summed E-state index contributed by atoms with van der Waals surface area (Å²) in [6.07, 6.45) is 0. The molecule has 0 saturated carbocycles. The van der Waals surface area contributed by atoms with Crippen molar-refractivity contribution in [1.29, 1.82) is 5.26 Å². The van der Waals surface area contributed by atoms with Crippen molar-refractivity contribution in [3.05, 3.63) is 56.7 Å². The Kier molecular flexibility index (Phi) is 3.87. The van der Waals surface area contributed by atoms with Crippen molar-refractivity contribution < 1.29 is 0 Å². The highest BCUT2D eigenvalue weighted by atomic mass is 127. The van der Waals surface area contributed by atoms with E-state index in [0.717, 1.165) is 22.5 Å². The monoisotopic (exact) mass is 348 g/mol. The topological polar surface area (TPSA) is 35.8 Å². The predicted molar refractivity (Wildman–Crippen MR) is 83.1 cm³/mol. The van der Waals surface area contributed by atoms with Gasteiger partial charge in [-0.2, -0.15) is 5.26 Å². The van der Waals surface area contributed by atoms with Gasteiger partial charge in [-0.25, -0.2) is 0 Å². The van der Waals surface area contributed by atoms with Crippen LogP contribution in [0.1, 0.15) is 16.7 Å². The number of hydrogen-bond donors (Lipinski definition) is 1. The molecule has 0 saturated heterocycles. The Morgan fingerprint density at radius 1 is 1.06 bits per heavy atom. The summed E-state index contributed by atoms with van der Waals surface area (Å²) in [6.45, 7) is 4.03. The van der Waals surface area contributed by atoms with Gasteiger partial charge in [-0.3, -0.25) is 0 Å². The highest BCUT2D eigenvalue weighted by Gasteiger charge is 2.02. The smallest absolute Gasteiger partial charge is 0.0994 e. The summed E-state index contributed by atoms with van der Waals surface area (Å²) in [5, 5.41) is 12.3. The third-order valence-corrected chi connectivity index (χ3v) is 3.50. The third kappa shape index (κ3) is 2.82. The standard InChI is InChI=1S/C15H13IN2/c1-10-3-5-13(16)8-15(10)18-14-6-4-12(9-17)11(2)7-14/h3-8,18H,1-2H3. The Bertz CT molecular complexity index is 627. The first-order valence-electron chi connectivity index (χ1n) is 5.64. The molecule has 0 spiro atoms. The first-order chi connectivity index (χ1) is 8.60. The van der Waals surface area contributed by atoms with Gasteiger partial charge in [0.05, 0.1) is 11.6 Å². The molecule has 0 fully saturated rings. The van der Waals surface area contributed by atoms with Gasteiger partial charge in [0.25, 0.3) is 0 Å². The average Bonchev–Trinajstić information content (AvgIpc) is 2.34. The second-order valence-corrected chi connectivity index (χ2v) is 5.47. The van der Waals surface area contributed by atoms with Crippen molar-refractivity contribution in [2.24, 2.45) is 0 Å². The van der Waals surface area contributed by atoms with E-state index in [9.17, 15) is 0 Å². The first kappa shape index (κ1) is 12.9. The predicted octanol–water partition coefficient (Wildman–Crippen LogP) is 4.52. The summed E-state index contributed by atoms with van der Waals surface area (Å²) in [5.41, 5.74) is 5.03. The number of benzene rings is 2. The lowest BCUT2D eigenvalue weighted by atomic mass is 10.1. The van der Waals surface area contributed by atoms with E-state index >= 15 is 0 Å². The molecule has 2 aromatic rings. The summed E-state index contributed by atoms with van der Waals surface area (Å²) >= 11 is 2.30. The van der Waals surface area contributed by atoms with Crippen LogP contribution >= 0.6 is 22.6 Å². The highest BCUT2D eigenvalue weighted by Crippen LogP contribution is 2.24. The van der Waals surface area contributed by atoms with Crippen LogP contribution in [0.5, 0.6) is 0 Å². The fourth-order valence-electron chi connectivity index (χ4n) is 1.75. The van der Waals surface area contributed by atoms with Crippen molar-refractivity contribution in [3.63, 3.8) is 0 Å². The van der Waals surface area contributed by atoms with Gasteiger partial charge in [-0.1, -0.05) is 6.07 Å². The molecule has 2 rings (SSSR count). The number of hydrogen-bond acceptors (Lipinski definition) is 2. The van der Waals surface area contributed by atoms with Crippen LogP contribution in [0.3, 0.4) is 0 Å². The van der Waals surface area contributed by atoms with Gasteiger partial charge < -0.3 is 5.32 Å². The van der Waals surface area contributed by atoms with Crippen molar-refractivity contribution >= 4 is 34.0 Å². The fourth-order valence-corrected chi connectivity index (χ4v) is 2.24. The van der Waals surface area contributed by atoms with Crippen LogP contribution < -0.4 is 5.32 Å². The van der Waals surface area contributed by atoms with Crippen LogP contribution in [0.25, 0.3) is 0 Å². The van der Waals surface area contributed by atoms with Crippen LogP contribution in [-0.2, 0) is 0 Å². The lowest BCUT2D eigenvalue weighted by molar-refractivity contribution is 1.37. The van der Waals surface area contributed by atoms with Crippen molar-refractivity contribution in [3.8, 4) is 6.07 Å². The van der Waals surface area contributed by atoms with Crippen molar-refractivity contribution in [1.82, 2.24) is 0 Å². The van der Waals surface area contributed by atoms with E-state index in [1.807, 2.05) is 25.1 Å². The van der Waals surface area contributed by atoms with E-state index in [2.05, 4.69) is 59.1 Å². The third-order valence-electron chi connectivity index (χ3n) is 2.83. The Morgan fingerprint density at radius 2 is 1.83 bits per heavy atom. The zero-order valence-corrected chi connectivity index (χ0v) is 12.4. The van der Waals surface area contributed by atoms with Crippen LogP contribution in [0, 0.1) is 28.7 Å². The van der Waals surface area contributed by atoms with Gasteiger partial charge >= 0.3 is 0 Å². The second kappa shape index (κ2) is 5.40. The maximum Gasteiger partial charge on any atom is 0.0994 e. The Balaban J connectivity index is 2.32. The van der Waals surface area contributed by atoms with Gasteiger partial charge in [0, 0.05) is 14.9 Å². The van der Waals surface area contributed by atoms with Crippen LogP contribution in [0.4, 0.5) is 11.4 Å². The molecule has 0 unspecified atom stereocenters. The lowest BCUT2D eigenvalue weighted by Gasteiger charge is -2.11. The summed E-state index contributed by atoms with van der Waals surface area (Å²) in [5.74, 6) is 0. The van der Waals surface area contributed by atoms with Crippen LogP contribution in [0.2, 0.25) is 0 Å². The molecule has 0 aromatic heterocycles. The molecule has 0 heterocycles. The van der Waals surface area contributed by atoms with E-state index < -0.39 is 0 Å². The quantitative estimate of drug-likeness (QED) is 0.810. The molecular weight excluding hydrogens is 335 g/mol. The van der Waals surface area contributed by atoms with Crippen LogP contribution in [0.15, 0.2) is 36.4 Å². The summed E-state index contributed by atoms with van der Waals surface area (Å²) < 4.78 is 1.20. The van der Waals surface area contributed by atoms with Gasteiger partial charge in [0.1, 0.15) is 0 Å².